The first kappa shape index (κ1) is 9.06. The molecule has 1 rings (SSSR count). The maximum atomic E-state index is 8.52. The number of hydrogen-bond donors (Lipinski definition) is 2. The quantitative estimate of drug-likeness (QED) is 0.635. The van der Waals surface area contributed by atoms with Gasteiger partial charge < -0.3 is 10.4 Å². The molecule has 0 aliphatic heterocycles. The van der Waals surface area contributed by atoms with E-state index in [2.05, 4.69) is 10.4 Å². The van der Waals surface area contributed by atoms with E-state index in [1.54, 1.807) is 4.68 Å². The summed E-state index contributed by atoms with van der Waals surface area (Å²) < 4.78 is 1.76. The van der Waals surface area contributed by atoms with Crippen LogP contribution in [0.25, 0.3) is 0 Å². The number of hydrogen-bond acceptors (Lipinski definition) is 3. The van der Waals surface area contributed by atoms with Gasteiger partial charge in [-0.1, -0.05) is 0 Å². The number of nitrogens with one attached hydrogen (secondary N) is 1. The summed E-state index contributed by atoms with van der Waals surface area (Å²) in [5.74, 6) is 0.899. The number of aryl methyl sites for hydroxylation is 1. The molecule has 0 radical (unpaired) electrons. The minimum Gasteiger partial charge on any atom is -0.396 e. The average molecular weight is 169 g/mol. The van der Waals surface area contributed by atoms with Gasteiger partial charge in [-0.2, -0.15) is 5.10 Å². The Kier molecular flexibility index (Phi) is 3.60. The zero-order valence-corrected chi connectivity index (χ0v) is 7.32. The zero-order chi connectivity index (χ0) is 8.81. The van der Waals surface area contributed by atoms with Crippen LogP contribution < -0.4 is 5.32 Å². The first-order valence-corrected chi connectivity index (χ1v) is 4.17. The van der Waals surface area contributed by atoms with Crippen molar-refractivity contribution in [2.45, 2.75) is 12.8 Å². The molecule has 1 aromatic heterocycles. The third-order valence-corrected chi connectivity index (χ3v) is 1.60. The monoisotopic (exact) mass is 169 g/mol. The SMILES string of the molecule is Cn1ccc(NCCCCO)n1. The molecular weight excluding hydrogens is 154 g/mol. The molecule has 0 unspecified atom stereocenters. The summed E-state index contributed by atoms with van der Waals surface area (Å²) >= 11 is 0. The van der Waals surface area contributed by atoms with E-state index < -0.39 is 0 Å². The lowest BCUT2D eigenvalue weighted by molar-refractivity contribution is 0.286. The van der Waals surface area contributed by atoms with Gasteiger partial charge in [-0.25, -0.2) is 0 Å². The van der Waals surface area contributed by atoms with Crippen LogP contribution in [0.1, 0.15) is 12.8 Å². The molecule has 0 amide bonds. The Bertz CT molecular complexity index is 222. The molecule has 0 aliphatic carbocycles. The summed E-state index contributed by atoms with van der Waals surface area (Å²) in [5, 5.41) is 15.8. The Hall–Kier alpha value is -1.03. The fourth-order valence-corrected chi connectivity index (χ4v) is 0.963. The highest BCUT2D eigenvalue weighted by atomic mass is 16.2. The first-order valence-electron chi connectivity index (χ1n) is 4.17. The smallest absolute Gasteiger partial charge is 0.147 e. The number of aliphatic hydroxyl groups is 1. The van der Waals surface area contributed by atoms with Crippen LogP contribution in [0.15, 0.2) is 12.3 Å². The molecule has 4 heteroatoms. The number of anilines is 1. The molecule has 0 saturated carbocycles. The fourth-order valence-electron chi connectivity index (χ4n) is 0.963. The highest BCUT2D eigenvalue weighted by molar-refractivity contribution is 5.31. The summed E-state index contributed by atoms with van der Waals surface area (Å²) in [4.78, 5) is 0. The third kappa shape index (κ3) is 2.92. The van der Waals surface area contributed by atoms with E-state index in [4.69, 9.17) is 5.11 Å². The molecule has 0 bridgehead atoms. The average Bonchev–Trinajstić information content (AvgIpc) is 2.45. The van der Waals surface area contributed by atoms with Gasteiger partial charge in [-0.3, -0.25) is 4.68 Å². The van der Waals surface area contributed by atoms with Gasteiger partial charge in [0.1, 0.15) is 5.82 Å². The second-order valence-electron chi connectivity index (χ2n) is 2.73. The molecule has 0 spiro atoms. The summed E-state index contributed by atoms with van der Waals surface area (Å²) in [6.07, 6.45) is 3.72. The van der Waals surface area contributed by atoms with Gasteiger partial charge in [-0.15, -0.1) is 0 Å². The van der Waals surface area contributed by atoms with Gasteiger partial charge in [0, 0.05) is 32.5 Å². The van der Waals surface area contributed by atoms with Crippen molar-refractivity contribution in [3.8, 4) is 0 Å². The lowest BCUT2D eigenvalue weighted by Gasteiger charge is -2.00. The van der Waals surface area contributed by atoms with Gasteiger partial charge in [0.25, 0.3) is 0 Å². The molecule has 0 aromatic carbocycles. The van der Waals surface area contributed by atoms with Gasteiger partial charge in [0.2, 0.25) is 0 Å². The Morgan fingerprint density at radius 2 is 2.42 bits per heavy atom. The van der Waals surface area contributed by atoms with E-state index in [1.165, 1.54) is 0 Å². The van der Waals surface area contributed by atoms with Gasteiger partial charge in [0.15, 0.2) is 0 Å². The first-order chi connectivity index (χ1) is 5.83. The Labute approximate surface area is 72.2 Å². The molecular formula is C8H15N3O. The molecule has 0 atom stereocenters. The van der Waals surface area contributed by atoms with E-state index in [0.717, 1.165) is 25.2 Å². The van der Waals surface area contributed by atoms with E-state index in [-0.39, 0.29) is 6.61 Å². The van der Waals surface area contributed by atoms with E-state index in [9.17, 15) is 0 Å². The standard InChI is InChI=1S/C8H15N3O/c1-11-6-4-8(10-11)9-5-2-3-7-12/h4,6,12H,2-3,5,7H2,1H3,(H,9,10). The number of aliphatic hydroxyl groups excluding tert-OH is 1. The Morgan fingerprint density at radius 1 is 1.58 bits per heavy atom. The highest BCUT2D eigenvalue weighted by Gasteiger charge is 1.93. The van der Waals surface area contributed by atoms with Crippen molar-refractivity contribution >= 4 is 5.82 Å². The number of unbranched alkanes of at least 4 members (excludes halogenated alkanes) is 1. The predicted molar refractivity (Wildman–Crippen MR) is 48.0 cm³/mol. The normalized spacial score (nSPS) is 10.2. The van der Waals surface area contributed by atoms with Crippen LogP contribution in [0, 0.1) is 0 Å². The maximum absolute atomic E-state index is 8.52. The van der Waals surface area contributed by atoms with Crippen LogP contribution >= 0.6 is 0 Å². The van der Waals surface area contributed by atoms with E-state index in [1.807, 2.05) is 19.3 Å². The molecule has 0 saturated heterocycles. The molecule has 12 heavy (non-hydrogen) atoms. The molecule has 2 N–H and O–H groups in total. The zero-order valence-electron chi connectivity index (χ0n) is 7.32. The molecule has 0 fully saturated rings. The van der Waals surface area contributed by atoms with Crippen molar-refractivity contribution < 1.29 is 5.11 Å². The van der Waals surface area contributed by atoms with Gasteiger partial charge >= 0.3 is 0 Å². The van der Waals surface area contributed by atoms with Crippen LogP contribution in [0.2, 0.25) is 0 Å². The van der Waals surface area contributed by atoms with Crippen molar-refractivity contribution in [2.24, 2.45) is 7.05 Å². The minimum absolute atomic E-state index is 0.268. The number of aromatic nitrogens is 2. The van der Waals surface area contributed by atoms with Crippen molar-refractivity contribution in [3.05, 3.63) is 12.3 Å². The lowest BCUT2D eigenvalue weighted by Crippen LogP contribution is -2.03. The van der Waals surface area contributed by atoms with Crippen molar-refractivity contribution in [1.29, 1.82) is 0 Å². The van der Waals surface area contributed by atoms with Crippen LogP contribution in [0.5, 0.6) is 0 Å². The van der Waals surface area contributed by atoms with Crippen LogP contribution in [0.4, 0.5) is 5.82 Å². The summed E-state index contributed by atoms with van der Waals surface area (Å²) in [6.45, 7) is 1.14. The van der Waals surface area contributed by atoms with Crippen molar-refractivity contribution in [2.75, 3.05) is 18.5 Å². The number of nitrogens with zero attached hydrogens (tertiary/aromatic N) is 2. The molecule has 1 heterocycles. The maximum Gasteiger partial charge on any atom is 0.147 e. The predicted octanol–water partition coefficient (Wildman–Crippen LogP) is 0.604. The van der Waals surface area contributed by atoms with Gasteiger partial charge in [-0.05, 0) is 12.8 Å². The Balaban J connectivity index is 2.15. The largest absolute Gasteiger partial charge is 0.396 e. The summed E-state index contributed by atoms with van der Waals surface area (Å²) in [7, 11) is 1.89. The topological polar surface area (TPSA) is 50.1 Å². The second-order valence-corrected chi connectivity index (χ2v) is 2.73. The van der Waals surface area contributed by atoms with Crippen LogP contribution in [-0.4, -0.2) is 28.0 Å². The summed E-state index contributed by atoms with van der Waals surface area (Å²) in [6, 6.07) is 1.93. The summed E-state index contributed by atoms with van der Waals surface area (Å²) in [5.41, 5.74) is 0. The third-order valence-electron chi connectivity index (χ3n) is 1.60. The highest BCUT2D eigenvalue weighted by Crippen LogP contribution is 2.00. The molecule has 1 aromatic rings. The minimum atomic E-state index is 0.268. The molecule has 68 valence electrons. The van der Waals surface area contributed by atoms with Crippen molar-refractivity contribution in [3.63, 3.8) is 0 Å². The van der Waals surface area contributed by atoms with Gasteiger partial charge in [0.05, 0.1) is 0 Å². The van der Waals surface area contributed by atoms with Crippen LogP contribution in [0.3, 0.4) is 0 Å². The lowest BCUT2D eigenvalue weighted by atomic mass is 10.3. The van der Waals surface area contributed by atoms with E-state index >= 15 is 0 Å². The van der Waals surface area contributed by atoms with Crippen molar-refractivity contribution in [1.82, 2.24) is 9.78 Å². The molecule has 4 nitrogen and oxygen atoms in total. The second kappa shape index (κ2) is 4.77. The fraction of sp³-hybridized carbons (Fsp3) is 0.625. The van der Waals surface area contributed by atoms with E-state index in [0.29, 0.717) is 0 Å². The molecule has 0 aliphatic rings. The Morgan fingerprint density at radius 3 is 3.00 bits per heavy atom. The van der Waals surface area contributed by atoms with Crippen LogP contribution in [-0.2, 0) is 7.05 Å². The number of rotatable bonds is 5.